The Balaban J connectivity index is 1.23. The van der Waals surface area contributed by atoms with Gasteiger partial charge in [-0.1, -0.05) is 133 Å². The van der Waals surface area contributed by atoms with E-state index in [4.69, 9.17) is 14.0 Å². The SMILES string of the molecule is [2H]C([2H])([2H])c1ccnc(-n2c3ccccc3c3ccc([Si](c4ccccc4)(c4ccccc4)c4cccc(N5ON(c6ccccc6)c6ccccc65)c4)cc32)c1. The van der Waals surface area contributed by atoms with Gasteiger partial charge in [-0.3, -0.25) is 4.57 Å². The normalized spacial score (nSPS) is 13.8. The molecule has 10 rings (SSSR count). The lowest BCUT2D eigenvalue weighted by Crippen LogP contribution is -2.74. The fraction of sp³-hybridized carbons (Fsp3) is 0.0208. The number of hydrogen-bond donors (Lipinski definition) is 0. The highest BCUT2D eigenvalue weighted by atomic mass is 28.3. The highest BCUT2D eigenvalue weighted by Crippen LogP contribution is 2.44. The predicted octanol–water partition coefficient (Wildman–Crippen LogP) is 9.00. The molecule has 1 aliphatic heterocycles. The molecule has 0 unspecified atom stereocenters. The second-order valence-electron chi connectivity index (χ2n) is 13.5. The molecule has 0 bridgehead atoms. The molecule has 1 aliphatic rings. The Morgan fingerprint density at radius 2 is 1.06 bits per heavy atom. The third-order valence-corrected chi connectivity index (χ3v) is 15.2. The van der Waals surface area contributed by atoms with Crippen molar-refractivity contribution in [1.29, 1.82) is 0 Å². The number of rotatable bonds is 7. The molecule has 6 heteroatoms. The fourth-order valence-electron chi connectivity index (χ4n) is 8.15. The van der Waals surface area contributed by atoms with E-state index in [9.17, 15) is 0 Å². The summed E-state index contributed by atoms with van der Waals surface area (Å²) in [7, 11) is -3.11. The van der Waals surface area contributed by atoms with Crippen LogP contribution in [0.5, 0.6) is 0 Å². The maximum absolute atomic E-state index is 8.18. The van der Waals surface area contributed by atoms with Crippen molar-refractivity contribution in [2.24, 2.45) is 0 Å². The Labute approximate surface area is 319 Å². The number of hydrogen-bond acceptors (Lipinski definition) is 4. The largest absolute Gasteiger partial charge is 0.294 e. The van der Waals surface area contributed by atoms with Crippen molar-refractivity contribution < 1.29 is 9.05 Å². The Hall–Kier alpha value is -6.73. The second kappa shape index (κ2) is 13.0. The van der Waals surface area contributed by atoms with E-state index in [0.29, 0.717) is 5.82 Å². The van der Waals surface area contributed by atoms with Gasteiger partial charge in [0.15, 0.2) is 8.07 Å². The molecule has 0 N–H and O–H groups in total. The molecule has 0 aliphatic carbocycles. The van der Waals surface area contributed by atoms with E-state index in [-0.39, 0.29) is 5.56 Å². The summed E-state index contributed by atoms with van der Waals surface area (Å²) >= 11 is 0. The van der Waals surface area contributed by atoms with Gasteiger partial charge < -0.3 is 0 Å². The molecular formula is C48H36N4OSi. The van der Waals surface area contributed by atoms with Crippen LogP contribution in [0.1, 0.15) is 9.68 Å². The fourth-order valence-corrected chi connectivity index (χ4v) is 12.9. The van der Waals surface area contributed by atoms with Gasteiger partial charge in [0.1, 0.15) is 5.82 Å². The summed E-state index contributed by atoms with van der Waals surface area (Å²) in [6.45, 7) is -2.27. The van der Waals surface area contributed by atoms with Crippen LogP contribution in [0.2, 0.25) is 0 Å². The van der Waals surface area contributed by atoms with E-state index in [2.05, 4.69) is 132 Å². The average Bonchev–Trinajstić information content (AvgIpc) is 3.81. The van der Waals surface area contributed by atoms with E-state index in [1.54, 1.807) is 18.3 Å². The lowest BCUT2D eigenvalue weighted by molar-refractivity contribution is 0.156. The molecule has 54 heavy (non-hydrogen) atoms. The van der Waals surface area contributed by atoms with Crippen LogP contribution in [0, 0.1) is 6.85 Å². The van der Waals surface area contributed by atoms with Crippen LogP contribution >= 0.6 is 0 Å². The van der Waals surface area contributed by atoms with Gasteiger partial charge in [0.2, 0.25) is 0 Å². The van der Waals surface area contributed by atoms with Crippen molar-refractivity contribution >= 4 is 73.4 Å². The van der Waals surface area contributed by atoms with Crippen molar-refractivity contribution in [3.05, 3.63) is 206 Å². The Kier molecular flexibility index (Phi) is 6.96. The quantitative estimate of drug-likeness (QED) is 0.122. The monoisotopic (exact) mass is 715 g/mol. The third kappa shape index (κ3) is 5.07. The molecule has 3 heterocycles. The predicted molar refractivity (Wildman–Crippen MR) is 225 cm³/mol. The van der Waals surface area contributed by atoms with Crippen LogP contribution in [0.3, 0.4) is 0 Å². The van der Waals surface area contributed by atoms with Gasteiger partial charge in [0, 0.05) is 21.1 Å². The molecule has 0 saturated carbocycles. The molecule has 258 valence electrons. The van der Waals surface area contributed by atoms with Crippen LogP contribution in [-0.2, 0) is 4.94 Å². The van der Waals surface area contributed by atoms with Crippen LogP contribution in [0.25, 0.3) is 27.6 Å². The molecule has 0 atom stereocenters. The summed E-state index contributed by atoms with van der Waals surface area (Å²) in [5.74, 6) is 0.563. The molecule has 0 amide bonds. The van der Waals surface area contributed by atoms with Crippen molar-refractivity contribution in [1.82, 2.24) is 9.55 Å². The van der Waals surface area contributed by atoms with Crippen LogP contribution < -0.4 is 30.9 Å². The summed E-state index contributed by atoms with van der Waals surface area (Å²) in [5.41, 5.74) is 5.91. The van der Waals surface area contributed by atoms with Crippen molar-refractivity contribution in [2.45, 2.75) is 6.85 Å². The number of pyridine rings is 1. The molecule has 0 fully saturated rings. The number of para-hydroxylation sites is 4. The minimum atomic E-state index is -3.11. The van der Waals surface area contributed by atoms with Gasteiger partial charge in [-0.25, -0.2) is 4.98 Å². The zero-order valence-electron chi connectivity index (χ0n) is 32.2. The standard InChI is InChI=1S/C48H36N4OSi/c1-35-30-31-49-48(32-35)50-44-25-12-11-24-42(44)43-29-28-41(34-47(43)50)54(38-19-7-3-8-20-38,39-21-9-4-10-22-39)40-23-15-18-37(33-40)52-46-27-14-13-26-45(46)51(53-52)36-16-5-2-6-17-36/h2-34H,1H3/i1D3. The van der Waals surface area contributed by atoms with Crippen molar-refractivity contribution in [2.75, 3.05) is 10.1 Å². The first-order valence-corrected chi connectivity index (χ1v) is 20.1. The van der Waals surface area contributed by atoms with E-state index >= 15 is 0 Å². The lowest BCUT2D eigenvalue weighted by atomic mass is 10.1. The van der Waals surface area contributed by atoms with Gasteiger partial charge in [-0.05, 0) is 93.8 Å². The molecule has 7 aromatic carbocycles. The van der Waals surface area contributed by atoms with Crippen molar-refractivity contribution in [3.8, 4) is 5.82 Å². The van der Waals surface area contributed by atoms with Crippen LogP contribution in [0.4, 0.5) is 22.7 Å². The molecular weight excluding hydrogens is 677 g/mol. The highest BCUT2D eigenvalue weighted by molar-refractivity contribution is 7.20. The zero-order chi connectivity index (χ0) is 38.6. The number of aryl methyl sites for hydroxylation is 1. The third-order valence-electron chi connectivity index (χ3n) is 10.5. The zero-order valence-corrected chi connectivity index (χ0v) is 30.2. The van der Waals surface area contributed by atoms with Crippen LogP contribution in [0.15, 0.2) is 200 Å². The minimum absolute atomic E-state index is 0.250. The summed E-state index contributed by atoms with van der Waals surface area (Å²) in [4.78, 5) is 11.5. The number of anilines is 4. The number of nitrogens with zero attached hydrogens (tertiary/aromatic N) is 4. The van der Waals surface area contributed by atoms with E-state index in [1.807, 2.05) is 64.7 Å². The molecule has 0 radical (unpaired) electrons. The van der Waals surface area contributed by atoms with Gasteiger partial charge in [-0.15, -0.1) is 4.94 Å². The van der Waals surface area contributed by atoms with Gasteiger partial charge in [0.05, 0.1) is 33.8 Å². The smallest absolute Gasteiger partial charge is 0.179 e. The summed E-state index contributed by atoms with van der Waals surface area (Å²) < 4.78 is 26.7. The summed E-state index contributed by atoms with van der Waals surface area (Å²) in [6.07, 6.45) is 1.59. The molecule has 2 aromatic heterocycles. The Morgan fingerprint density at radius 1 is 0.481 bits per heavy atom. The summed E-state index contributed by atoms with van der Waals surface area (Å²) in [6, 6.07) is 67.2. The second-order valence-corrected chi connectivity index (χ2v) is 17.3. The number of fused-ring (bicyclic) bond motifs is 4. The first kappa shape index (κ1) is 28.8. The average molecular weight is 716 g/mol. The first-order chi connectivity index (χ1) is 27.9. The lowest BCUT2D eigenvalue weighted by Gasteiger charge is -2.35. The van der Waals surface area contributed by atoms with E-state index < -0.39 is 14.9 Å². The minimum Gasteiger partial charge on any atom is -0.294 e. The Morgan fingerprint density at radius 3 is 1.78 bits per heavy atom. The topological polar surface area (TPSA) is 33.5 Å². The number of aromatic nitrogens is 2. The van der Waals surface area contributed by atoms with E-state index in [0.717, 1.165) is 44.6 Å². The highest BCUT2D eigenvalue weighted by Gasteiger charge is 2.42. The Bertz CT molecular complexity index is 2860. The van der Waals surface area contributed by atoms with Gasteiger partial charge >= 0.3 is 0 Å². The molecule has 0 spiro atoms. The molecule has 9 aromatic rings. The van der Waals surface area contributed by atoms with E-state index in [1.165, 1.54) is 20.7 Å². The first-order valence-electron chi connectivity index (χ1n) is 19.6. The maximum atomic E-state index is 8.18. The molecule has 5 nitrogen and oxygen atoms in total. The van der Waals surface area contributed by atoms with Crippen molar-refractivity contribution in [3.63, 3.8) is 0 Å². The molecule has 0 saturated heterocycles. The summed E-state index contributed by atoms with van der Waals surface area (Å²) in [5, 5.41) is 10.8. The van der Waals surface area contributed by atoms with Gasteiger partial charge in [0.25, 0.3) is 0 Å². The van der Waals surface area contributed by atoms with Gasteiger partial charge in [-0.2, -0.15) is 10.1 Å². The van der Waals surface area contributed by atoms with Crippen LogP contribution in [-0.4, -0.2) is 17.6 Å². The number of benzene rings is 7. The maximum Gasteiger partial charge on any atom is 0.179 e.